The van der Waals surface area contributed by atoms with Crippen molar-refractivity contribution < 1.29 is 8.42 Å². The molecule has 4 nitrogen and oxygen atoms in total. The molecule has 2 rings (SSSR count). The molecule has 1 aliphatic heterocycles. The summed E-state index contributed by atoms with van der Waals surface area (Å²) >= 11 is 0. The maximum atomic E-state index is 12.9. The molecule has 2 atom stereocenters. The quantitative estimate of drug-likeness (QED) is 0.928. The smallest absolute Gasteiger partial charge is 0.243 e. The number of benzene rings is 1. The van der Waals surface area contributed by atoms with Crippen molar-refractivity contribution in [1.29, 1.82) is 0 Å². The highest BCUT2D eigenvalue weighted by atomic mass is 32.2. The molecule has 1 heterocycles. The molecule has 0 saturated carbocycles. The lowest BCUT2D eigenvalue weighted by molar-refractivity contribution is 0.204. The van der Waals surface area contributed by atoms with Crippen LogP contribution in [-0.2, 0) is 16.6 Å². The molecule has 0 aliphatic carbocycles. The van der Waals surface area contributed by atoms with Crippen molar-refractivity contribution in [3.05, 3.63) is 29.8 Å². The minimum atomic E-state index is -3.40. The summed E-state index contributed by atoms with van der Waals surface area (Å²) in [7, 11) is -1.54. The number of hydrogen-bond donors (Lipinski definition) is 1. The van der Waals surface area contributed by atoms with Crippen LogP contribution in [0.2, 0.25) is 0 Å². The maximum absolute atomic E-state index is 12.9. The van der Waals surface area contributed by atoms with Crippen molar-refractivity contribution in [3.8, 4) is 0 Å². The van der Waals surface area contributed by atoms with Crippen molar-refractivity contribution in [2.45, 2.75) is 56.6 Å². The number of nitrogens with zero attached hydrogens (tertiary/aromatic N) is 1. The van der Waals surface area contributed by atoms with Gasteiger partial charge >= 0.3 is 0 Å². The predicted molar refractivity (Wildman–Crippen MR) is 81.0 cm³/mol. The number of nitrogens with one attached hydrogen (secondary N) is 1. The molecule has 0 aromatic heterocycles. The standard InChI is InChI=1S/C15H24N2O2S/c1-12-6-4-7-13(2)17(12)20(18,19)15-9-5-8-14(10-15)11-16-3/h5,8-10,12-13,16H,4,6-7,11H2,1-3H3/t12-,13+. The lowest BCUT2D eigenvalue weighted by Gasteiger charge is -2.37. The van der Waals surface area contributed by atoms with Crippen molar-refractivity contribution >= 4 is 10.0 Å². The van der Waals surface area contributed by atoms with Crippen molar-refractivity contribution in [1.82, 2.24) is 9.62 Å². The van der Waals surface area contributed by atoms with Crippen LogP contribution in [0.5, 0.6) is 0 Å². The Morgan fingerprint density at radius 1 is 1.25 bits per heavy atom. The molecule has 1 aromatic rings. The fourth-order valence-corrected chi connectivity index (χ4v) is 4.97. The lowest BCUT2D eigenvalue weighted by Crippen LogP contribution is -2.47. The third-order valence-electron chi connectivity index (χ3n) is 3.97. The first-order valence-corrected chi connectivity index (χ1v) is 8.68. The van der Waals surface area contributed by atoms with Crippen molar-refractivity contribution in [3.63, 3.8) is 0 Å². The molecule has 1 aliphatic rings. The van der Waals surface area contributed by atoms with Gasteiger partial charge in [0.25, 0.3) is 0 Å². The summed E-state index contributed by atoms with van der Waals surface area (Å²) in [5.74, 6) is 0. The Hall–Kier alpha value is -0.910. The van der Waals surface area contributed by atoms with E-state index in [1.165, 1.54) is 0 Å². The zero-order valence-corrected chi connectivity index (χ0v) is 13.3. The Kier molecular flexibility index (Phi) is 4.83. The molecule has 1 fully saturated rings. The first-order valence-electron chi connectivity index (χ1n) is 7.24. The Bertz CT molecular complexity index is 547. The largest absolute Gasteiger partial charge is 0.316 e. The topological polar surface area (TPSA) is 49.4 Å². The molecule has 0 radical (unpaired) electrons. The molecule has 1 saturated heterocycles. The van der Waals surface area contributed by atoms with Gasteiger partial charge in [0.2, 0.25) is 10.0 Å². The minimum absolute atomic E-state index is 0.0803. The molecule has 0 spiro atoms. The fraction of sp³-hybridized carbons (Fsp3) is 0.600. The van der Waals surface area contributed by atoms with E-state index in [1.807, 2.05) is 33.0 Å². The van der Waals surface area contributed by atoms with Gasteiger partial charge in [-0.1, -0.05) is 18.6 Å². The Labute approximate surface area is 122 Å². The van der Waals surface area contributed by atoms with E-state index in [0.717, 1.165) is 24.8 Å². The molecule has 1 aromatic carbocycles. The highest BCUT2D eigenvalue weighted by molar-refractivity contribution is 7.89. The first-order chi connectivity index (χ1) is 9.46. The van der Waals surface area contributed by atoms with Gasteiger partial charge in [0.1, 0.15) is 0 Å². The van der Waals surface area contributed by atoms with E-state index in [0.29, 0.717) is 11.4 Å². The Balaban J connectivity index is 2.36. The van der Waals surface area contributed by atoms with Gasteiger partial charge in [0, 0.05) is 18.6 Å². The molecular weight excluding hydrogens is 272 g/mol. The Morgan fingerprint density at radius 3 is 2.50 bits per heavy atom. The average Bonchev–Trinajstić information content (AvgIpc) is 2.39. The van der Waals surface area contributed by atoms with Gasteiger partial charge in [-0.05, 0) is 51.4 Å². The van der Waals surface area contributed by atoms with E-state index >= 15 is 0 Å². The van der Waals surface area contributed by atoms with E-state index < -0.39 is 10.0 Å². The molecule has 1 N–H and O–H groups in total. The zero-order valence-electron chi connectivity index (χ0n) is 12.5. The van der Waals surface area contributed by atoms with Gasteiger partial charge in [-0.3, -0.25) is 0 Å². The van der Waals surface area contributed by atoms with Gasteiger partial charge in [-0.2, -0.15) is 4.31 Å². The SMILES string of the molecule is CNCc1cccc(S(=O)(=O)N2[C@H](C)CCC[C@@H]2C)c1. The average molecular weight is 296 g/mol. The third-order valence-corrected chi connectivity index (χ3v) is 6.09. The second-order valence-corrected chi connectivity index (χ2v) is 7.48. The van der Waals surface area contributed by atoms with E-state index in [-0.39, 0.29) is 12.1 Å². The summed E-state index contributed by atoms with van der Waals surface area (Å²) in [5, 5.41) is 3.05. The van der Waals surface area contributed by atoms with Crippen LogP contribution >= 0.6 is 0 Å². The van der Waals surface area contributed by atoms with Crippen LogP contribution in [0.3, 0.4) is 0 Å². The number of hydrogen-bond acceptors (Lipinski definition) is 3. The summed E-state index contributed by atoms with van der Waals surface area (Å²) in [6.07, 6.45) is 2.99. The van der Waals surface area contributed by atoms with Gasteiger partial charge in [0.15, 0.2) is 0 Å². The number of piperidine rings is 1. The minimum Gasteiger partial charge on any atom is -0.316 e. The monoisotopic (exact) mass is 296 g/mol. The normalized spacial score (nSPS) is 24.8. The molecule has 0 bridgehead atoms. The molecule has 0 unspecified atom stereocenters. The van der Waals surface area contributed by atoms with Gasteiger partial charge in [-0.25, -0.2) is 8.42 Å². The van der Waals surface area contributed by atoms with Crippen LogP contribution in [0.4, 0.5) is 0 Å². The molecule has 0 amide bonds. The first kappa shape index (κ1) is 15.5. The van der Waals surface area contributed by atoms with Gasteiger partial charge in [-0.15, -0.1) is 0 Å². The van der Waals surface area contributed by atoms with E-state index in [2.05, 4.69) is 5.32 Å². The summed E-state index contributed by atoms with van der Waals surface area (Å²) in [6, 6.07) is 7.40. The van der Waals surface area contributed by atoms with Gasteiger partial charge < -0.3 is 5.32 Å². The predicted octanol–water partition coefficient (Wildman–Crippen LogP) is 2.36. The van der Waals surface area contributed by atoms with Crippen LogP contribution < -0.4 is 5.32 Å². The highest BCUT2D eigenvalue weighted by Crippen LogP contribution is 2.29. The second-order valence-electron chi connectivity index (χ2n) is 5.64. The lowest BCUT2D eigenvalue weighted by atomic mass is 10.0. The van der Waals surface area contributed by atoms with Crippen LogP contribution in [0, 0.1) is 0 Å². The van der Waals surface area contributed by atoms with Crippen LogP contribution in [-0.4, -0.2) is 31.9 Å². The molecular formula is C15H24N2O2S. The van der Waals surface area contributed by atoms with Crippen LogP contribution in [0.1, 0.15) is 38.7 Å². The van der Waals surface area contributed by atoms with Crippen LogP contribution in [0.25, 0.3) is 0 Å². The number of rotatable bonds is 4. The molecule has 112 valence electrons. The third kappa shape index (κ3) is 3.05. The van der Waals surface area contributed by atoms with Crippen molar-refractivity contribution in [2.24, 2.45) is 0 Å². The summed E-state index contributed by atoms with van der Waals surface area (Å²) in [4.78, 5) is 0.408. The van der Waals surface area contributed by atoms with E-state index in [9.17, 15) is 8.42 Å². The zero-order chi connectivity index (χ0) is 14.8. The highest BCUT2D eigenvalue weighted by Gasteiger charge is 2.35. The summed E-state index contributed by atoms with van der Waals surface area (Å²) in [6.45, 7) is 4.68. The summed E-state index contributed by atoms with van der Waals surface area (Å²) in [5.41, 5.74) is 0.992. The Morgan fingerprint density at radius 2 is 1.90 bits per heavy atom. The molecule has 5 heteroatoms. The molecule has 20 heavy (non-hydrogen) atoms. The van der Waals surface area contributed by atoms with Crippen LogP contribution in [0.15, 0.2) is 29.2 Å². The number of sulfonamides is 1. The van der Waals surface area contributed by atoms with Gasteiger partial charge in [0.05, 0.1) is 4.90 Å². The summed E-state index contributed by atoms with van der Waals surface area (Å²) < 4.78 is 27.4. The van der Waals surface area contributed by atoms with Crippen molar-refractivity contribution in [2.75, 3.05) is 7.05 Å². The second kappa shape index (κ2) is 6.24. The van der Waals surface area contributed by atoms with E-state index in [4.69, 9.17) is 0 Å². The maximum Gasteiger partial charge on any atom is 0.243 e. The fourth-order valence-electron chi connectivity index (χ4n) is 3.01. The van der Waals surface area contributed by atoms with E-state index in [1.54, 1.807) is 16.4 Å².